The number of carbonyl (C=O) groups excluding carboxylic acids is 2. The van der Waals surface area contributed by atoms with Crippen molar-refractivity contribution in [2.45, 2.75) is 0 Å². The highest BCUT2D eigenvalue weighted by Crippen LogP contribution is 2.12. The maximum absolute atomic E-state index is 11.7. The van der Waals surface area contributed by atoms with E-state index in [1.54, 1.807) is 48.7 Å². The molecule has 2 aromatic rings. The summed E-state index contributed by atoms with van der Waals surface area (Å²) in [5, 5.41) is 7.23. The zero-order valence-corrected chi connectivity index (χ0v) is 11.7. The summed E-state index contributed by atoms with van der Waals surface area (Å²) < 4.78 is 0. The van der Waals surface area contributed by atoms with Gasteiger partial charge in [-0.15, -0.1) is 11.3 Å². The molecule has 0 bridgehead atoms. The minimum Gasteiger partial charge on any atom is -0.355 e. The lowest BCUT2D eigenvalue weighted by molar-refractivity contribution is -0.111. The van der Waals surface area contributed by atoms with Crippen LogP contribution in [0, 0.1) is 0 Å². The summed E-state index contributed by atoms with van der Waals surface area (Å²) >= 11 is 1.57. The van der Waals surface area contributed by atoms with Crippen molar-refractivity contribution in [2.75, 3.05) is 12.4 Å². The molecule has 0 atom stereocenters. The van der Waals surface area contributed by atoms with E-state index in [4.69, 9.17) is 0 Å². The molecular weight excluding hydrogens is 272 g/mol. The van der Waals surface area contributed by atoms with Crippen LogP contribution in [0.2, 0.25) is 0 Å². The Labute approximate surface area is 121 Å². The molecule has 0 radical (unpaired) electrons. The molecule has 2 N–H and O–H groups in total. The summed E-state index contributed by atoms with van der Waals surface area (Å²) in [7, 11) is 1.58. The Morgan fingerprint density at radius 3 is 2.50 bits per heavy atom. The van der Waals surface area contributed by atoms with Crippen LogP contribution in [-0.4, -0.2) is 18.9 Å². The number of thiophene rings is 1. The predicted octanol–water partition coefficient (Wildman–Crippen LogP) is 2.76. The lowest BCUT2D eigenvalue weighted by Crippen LogP contribution is -2.17. The van der Waals surface area contributed by atoms with Gasteiger partial charge in [0.25, 0.3) is 5.91 Å². The first-order valence-electron chi connectivity index (χ1n) is 6.04. The lowest BCUT2D eigenvalue weighted by Gasteiger charge is -2.03. The minimum atomic E-state index is -0.203. The van der Waals surface area contributed by atoms with Crippen LogP contribution in [0.1, 0.15) is 15.2 Å². The number of nitrogens with one attached hydrogen (secondary N) is 2. The molecule has 2 amide bonds. The Hall–Kier alpha value is -2.40. The molecular formula is C15H14N2O2S. The number of hydrogen-bond donors (Lipinski definition) is 2. The number of benzene rings is 1. The molecule has 1 aromatic carbocycles. The number of hydrogen-bond acceptors (Lipinski definition) is 3. The van der Waals surface area contributed by atoms with Crippen LogP contribution in [0.5, 0.6) is 0 Å². The first-order chi connectivity index (χ1) is 9.69. The molecule has 0 aliphatic heterocycles. The van der Waals surface area contributed by atoms with Gasteiger partial charge in [-0.25, -0.2) is 0 Å². The first kappa shape index (κ1) is 14.0. The summed E-state index contributed by atoms with van der Waals surface area (Å²) in [5.41, 5.74) is 1.21. The highest BCUT2D eigenvalue weighted by Gasteiger charge is 2.03. The second-order valence-corrected chi connectivity index (χ2v) is 4.97. The third-order valence-corrected chi connectivity index (χ3v) is 3.42. The van der Waals surface area contributed by atoms with E-state index < -0.39 is 0 Å². The Balaban J connectivity index is 1.96. The van der Waals surface area contributed by atoms with Crippen LogP contribution in [0.3, 0.4) is 0 Å². The van der Waals surface area contributed by atoms with Crippen LogP contribution in [0.15, 0.2) is 47.9 Å². The van der Waals surface area contributed by atoms with Crippen LogP contribution in [0.4, 0.5) is 5.69 Å². The number of carbonyl (C=O) groups is 2. The zero-order chi connectivity index (χ0) is 14.4. The number of rotatable bonds is 4. The van der Waals surface area contributed by atoms with Crippen molar-refractivity contribution in [3.63, 3.8) is 0 Å². The second-order valence-electron chi connectivity index (χ2n) is 3.99. The predicted molar refractivity (Wildman–Crippen MR) is 81.8 cm³/mol. The summed E-state index contributed by atoms with van der Waals surface area (Å²) in [4.78, 5) is 24.1. The molecule has 0 spiro atoms. The largest absolute Gasteiger partial charge is 0.355 e. The molecule has 4 nitrogen and oxygen atoms in total. The SMILES string of the molecule is CNC(=O)c1ccc(NC(=O)C=Cc2cccs2)cc1. The Morgan fingerprint density at radius 2 is 1.90 bits per heavy atom. The summed E-state index contributed by atoms with van der Waals surface area (Å²) in [5.74, 6) is -0.355. The number of anilines is 1. The fraction of sp³-hybridized carbons (Fsp3) is 0.0667. The smallest absolute Gasteiger partial charge is 0.251 e. The maximum atomic E-state index is 11.7. The molecule has 20 heavy (non-hydrogen) atoms. The molecule has 1 heterocycles. The van der Waals surface area contributed by atoms with Crippen LogP contribution < -0.4 is 10.6 Å². The molecule has 5 heteroatoms. The van der Waals surface area contributed by atoms with Gasteiger partial charge in [0.15, 0.2) is 0 Å². The molecule has 0 aliphatic rings. The van der Waals surface area contributed by atoms with Crippen molar-refractivity contribution in [3.8, 4) is 0 Å². The van der Waals surface area contributed by atoms with E-state index in [-0.39, 0.29) is 11.8 Å². The quantitative estimate of drug-likeness (QED) is 0.849. The van der Waals surface area contributed by atoms with Crippen molar-refractivity contribution < 1.29 is 9.59 Å². The van der Waals surface area contributed by atoms with Crippen molar-refractivity contribution in [1.82, 2.24) is 5.32 Å². The Bertz CT molecular complexity index is 616. The van der Waals surface area contributed by atoms with E-state index in [1.165, 1.54) is 6.08 Å². The molecule has 2 rings (SSSR count). The van der Waals surface area contributed by atoms with E-state index in [9.17, 15) is 9.59 Å². The fourth-order valence-electron chi connectivity index (χ4n) is 1.58. The lowest BCUT2D eigenvalue weighted by atomic mass is 10.2. The van der Waals surface area contributed by atoms with Gasteiger partial charge in [-0.1, -0.05) is 6.07 Å². The van der Waals surface area contributed by atoms with Gasteiger partial charge < -0.3 is 10.6 Å². The summed E-state index contributed by atoms with van der Waals surface area (Å²) in [6.07, 6.45) is 3.25. The standard InChI is InChI=1S/C15H14N2O2S/c1-16-15(19)11-4-6-12(7-5-11)17-14(18)9-8-13-3-2-10-20-13/h2-10H,1H3,(H,16,19)(H,17,18). The molecule has 1 aromatic heterocycles. The maximum Gasteiger partial charge on any atom is 0.251 e. The van der Waals surface area contributed by atoms with Gasteiger partial charge in [-0.3, -0.25) is 9.59 Å². The zero-order valence-electron chi connectivity index (χ0n) is 10.9. The average Bonchev–Trinajstić information content (AvgIpc) is 2.98. The number of amides is 2. The van der Waals surface area contributed by atoms with E-state index >= 15 is 0 Å². The normalized spacial score (nSPS) is 10.4. The van der Waals surface area contributed by atoms with Gasteiger partial charge in [0.1, 0.15) is 0 Å². The summed E-state index contributed by atoms with van der Waals surface area (Å²) in [6, 6.07) is 10.6. The fourth-order valence-corrected chi connectivity index (χ4v) is 2.20. The van der Waals surface area contributed by atoms with Gasteiger partial charge >= 0.3 is 0 Å². The molecule has 102 valence electrons. The van der Waals surface area contributed by atoms with Crippen molar-refractivity contribution >= 4 is 34.9 Å². The van der Waals surface area contributed by atoms with Crippen molar-refractivity contribution in [3.05, 3.63) is 58.3 Å². The van der Waals surface area contributed by atoms with E-state index in [0.29, 0.717) is 11.3 Å². The second kappa shape index (κ2) is 6.68. The van der Waals surface area contributed by atoms with Crippen LogP contribution >= 0.6 is 11.3 Å². The molecule has 0 saturated heterocycles. The Kier molecular flexibility index (Phi) is 4.68. The van der Waals surface area contributed by atoms with Gasteiger partial charge in [-0.2, -0.15) is 0 Å². The van der Waals surface area contributed by atoms with E-state index in [0.717, 1.165) is 4.88 Å². The molecule has 0 saturated carbocycles. The van der Waals surface area contributed by atoms with Gasteiger partial charge in [0.05, 0.1) is 0 Å². The molecule has 0 unspecified atom stereocenters. The topological polar surface area (TPSA) is 58.2 Å². The monoisotopic (exact) mass is 286 g/mol. The minimum absolute atomic E-state index is 0.152. The van der Waals surface area contributed by atoms with Crippen LogP contribution in [-0.2, 0) is 4.79 Å². The molecule has 0 fully saturated rings. The molecule has 0 aliphatic carbocycles. The highest BCUT2D eigenvalue weighted by atomic mass is 32.1. The van der Waals surface area contributed by atoms with Gasteiger partial charge in [0, 0.05) is 29.3 Å². The highest BCUT2D eigenvalue weighted by molar-refractivity contribution is 7.10. The Morgan fingerprint density at radius 1 is 1.15 bits per heavy atom. The van der Waals surface area contributed by atoms with Crippen LogP contribution in [0.25, 0.3) is 6.08 Å². The third-order valence-electron chi connectivity index (χ3n) is 2.58. The van der Waals surface area contributed by atoms with Gasteiger partial charge in [-0.05, 0) is 41.8 Å². The summed E-state index contributed by atoms with van der Waals surface area (Å²) in [6.45, 7) is 0. The third kappa shape index (κ3) is 3.80. The van der Waals surface area contributed by atoms with E-state index in [2.05, 4.69) is 10.6 Å². The average molecular weight is 286 g/mol. The van der Waals surface area contributed by atoms with Crippen molar-refractivity contribution in [2.24, 2.45) is 0 Å². The van der Waals surface area contributed by atoms with Gasteiger partial charge in [0.2, 0.25) is 5.91 Å². The van der Waals surface area contributed by atoms with Crippen molar-refractivity contribution in [1.29, 1.82) is 0 Å². The first-order valence-corrected chi connectivity index (χ1v) is 6.92. The van der Waals surface area contributed by atoms with E-state index in [1.807, 2.05) is 17.5 Å².